The van der Waals surface area contributed by atoms with Crippen LogP contribution in [0.2, 0.25) is 0 Å². The molecule has 0 bridgehead atoms. The summed E-state index contributed by atoms with van der Waals surface area (Å²) in [5.41, 5.74) is 7.81. The van der Waals surface area contributed by atoms with Gasteiger partial charge in [0, 0.05) is 16.9 Å². The first-order chi connectivity index (χ1) is 13.0. The second kappa shape index (κ2) is 8.05. The Bertz CT molecular complexity index is 951. The summed E-state index contributed by atoms with van der Waals surface area (Å²) in [4.78, 5) is 23.1. The summed E-state index contributed by atoms with van der Waals surface area (Å²) in [7, 11) is 0. The van der Waals surface area contributed by atoms with Crippen LogP contribution in [0.5, 0.6) is 11.5 Å². The highest BCUT2D eigenvalue weighted by Crippen LogP contribution is 2.24. The van der Waals surface area contributed by atoms with E-state index in [-0.39, 0.29) is 5.91 Å². The first-order valence-corrected chi connectivity index (χ1v) is 8.32. The molecule has 0 unspecified atom stereocenters. The number of benzene rings is 3. The third kappa shape index (κ3) is 5.09. The monoisotopic (exact) mass is 361 g/mol. The molecule has 6 nitrogen and oxygen atoms in total. The zero-order valence-corrected chi connectivity index (χ0v) is 14.7. The fourth-order valence-corrected chi connectivity index (χ4v) is 2.47. The second-order valence-corrected chi connectivity index (χ2v) is 5.96. The number of ether oxygens (including phenoxy) is 1. The van der Waals surface area contributed by atoms with Gasteiger partial charge in [0.2, 0.25) is 0 Å². The number of hydrogen-bond donors (Lipinski definition) is 3. The van der Waals surface area contributed by atoms with Crippen LogP contribution in [0.4, 0.5) is 16.2 Å². The van der Waals surface area contributed by atoms with Crippen LogP contribution in [0.15, 0.2) is 72.8 Å². The van der Waals surface area contributed by atoms with Crippen molar-refractivity contribution in [2.75, 3.05) is 10.6 Å². The number of amides is 3. The summed E-state index contributed by atoms with van der Waals surface area (Å²) in [6.07, 6.45) is 0. The number of nitrogens with one attached hydrogen (secondary N) is 2. The minimum atomic E-state index is -0.653. The molecule has 0 radical (unpaired) electrons. The van der Waals surface area contributed by atoms with Crippen molar-refractivity contribution in [3.8, 4) is 11.5 Å². The van der Waals surface area contributed by atoms with Crippen LogP contribution in [0, 0.1) is 6.92 Å². The van der Waals surface area contributed by atoms with E-state index in [1.807, 2.05) is 31.2 Å². The molecule has 0 saturated carbocycles. The summed E-state index contributed by atoms with van der Waals surface area (Å²) >= 11 is 0. The predicted octanol–water partition coefficient (Wildman–Crippen LogP) is 4.53. The van der Waals surface area contributed by atoms with Crippen molar-refractivity contribution in [1.82, 2.24) is 0 Å². The Morgan fingerprint density at radius 2 is 1.44 bits per heavy atom. The van der Waals surface area contributed by atoms with Crippen molar-refractivity contribution in [3.05, 3.63) is 83.9 Å². The van der Waals surface area contributed by atoms with E-state index in [4.69, 9.17) is 10.5 Å². The maximum Gasteiger partial charge on any atom is 0.316 e. The zero-order chi connectivity index (χ0) is 19.2. The lowest BCUT2D eigenvalue weighted by atomic mass is 10.2. The van der Waals surface area contributed by atoms with E-state index in [1.54, 1.807) is 48.5 Å². The summed E-state index contributed by atoms with van der Waals surface area (Å²) < 4.78 is 5.79. The molecule has 6 heteroatoms. The molecule has 0 heterocycles. The number of nitrogens with two attached hydrogens (primary N) is 1. The van der Waals surface area contributed by atoms with Gasteiger partial charge in [-0.2, -0.15) is 0 Å². The van der Waals surface area contributed by atoms with Gasteiger partial charge in [-0.15, -0.1) is 0 Å². The molecule has 0 aliphatic rings. The van der Waals surface area contributed by atoms with Gasteiger partial charge in [0.25, 0.3) is 5.91 Å². The molecule has 0 spiro atoms. The maximum absolute atomic E-state index is 12.3. The lowest BCUT2D eigenvalue weighted by Gasteiger charge is -2.09. The maximum atomic E-state index is 12.3. The molecule has 0 aromatic heterocycles. The van der Waals surface area contributed by atoms with Gasteiger partial charge in [-0.3, -0.25) is 4.79 Å². The van der Waals surface area contributed by atoms with Crippen LogP contribution in [0.3, 0.4) is 0 Å². The minimum Gasteiger partial charge on any atom is -0.457 e. The fourth-order valence-electron chi connectivity index (χ4n) is 2.47. The first kappa shape index (κ1) is 18.0. The number of hydrogen-bond acceptors (Lipinski definition) is 3. The molecule has 0 fully saturated rings. The normalized spacial score (nSPS) is 10.1. The molecule has 3 amide bonds. The Kier molecular flexibility index (Phi) is 5.37. The standard InChI is InChI=1S/C21H19N3O3/c1-14-3-2-4-19(13-14)27-18-11-9-16(10-12-18)23-20(25)15-5-7-17(8-6-15)24-21(22)26/h2-13H,1H3,(H,23,25)(H3,22,24,26). The SMILES string of the molecule is Cc1cccc(Oc2ccc(NC(=O)c3ccc(NC(N)=O)cc3)cc2)c1. The van der Waals surface area contributed by atoms with Crippen LogP contribution in [-0.4, -0.2) is 11.9 Å². The van der Waals surface area contributed by atoms with E-state index in [9.17, 15) is 9.59 Å². The van der Waals surface area contributed by atoms with Gasteiger partial charge in [-0.25, -0.2) is 4.79 Å². The Labute approximate surface area is 157 Å². The average Bonchev–Trinajstić information content (AvgIpc) is 2.63. The van der Waals surface area contributed by atoms with Gasteiger partial charge in [-0.1, -0.05) is 12.1 Å². The first-order valence-electron chi connectivity index (χ1n) is 8.32. The quantitative estimate of drug-likeness (QED) is 0.623. The number of carbonyl (C=O) groups is 2. The Morgan fingerprint density at radius 3 is 2.07 bits per heavy atom. The zero-order valence-electron chi connectivity index (χ0n) is 14.7. The topological polar surface area (TPSA) is 93.4 Å². The highest BCUT2D eigenvalue weighted by Gasteiger charge is 2.07. The molecule has 0 atom stereocenters. The average molecular weight is 361 g/mol. The second-order valence-electron chi connectivity index (χ2n) is 5.96. The van der Waals surface area contributed by atoms with Crippen molar-refractivity contribution in [2.45, 2.75) is 6.92 Å². The number of aryl methyl sites for hydroxylation is 1. The Balaban J connectivity index is 1.62. The highest BCUT2D eigenvalue weighted by molar-refractivity contribution is 6.04. The van der Waals surface area contributed by atoms with E-state index in [2.05, 4.69) is 10.6 Å². The third-order valence-corrected chi connectivity index (χ3v) is 3.75. The summed E-state index contributed by atoms with van der Waals surface area (Å²) in [6, 6.07) is 20.7. The smallest absolute Gasteiger partial charge is 0.316 e. The van der Waals surface area contributed by atoms with E-state index >= 15 is 0 Å². The number of carbonyl (C=O) groups excluding carboxylic acids is 2. The van der Waals surface area contributed by atoms with Gasteiger partial charge in [-0.05, 0) is 73.2 Å². The highest BCUT2D eigenvalue weighted by atomic mass is 16.5. The molecular weight excluding hydrogens is 342 g/mol. The molecule has 4 N–H and O–H groups in total. The molecule has 27 heavy (non-hydrogen) atoms. The van der Waals surface area contributed by atoms with Crippen LogP contribution in [0.25, 0.3) is 0 Å². The minimum absolute atomic E-state index is 0.257. The summed E-state index contributed by atoms with van der Waals surface area (Å²) in [5.74, 6) is 1.19. The molecule has 0 aliphatic carbocycles. The van der Waals surface area contributed by atoms with Crippen LogP contribution in [-0.2, 0) is 0 Å². The van der Waals surface area contributed by atoms with E-state index in [0.29, 0.717) is 22.7 Å². The molecule has 0 saturated heterocycles. The van der Waals surface area contributed by atoms with Gasteiger partial charge >= 0.3 is 6.03 Å². The molecule has 136 valence electrons. The molecule has 3 aromatic carbocycles. The van der Waals surface area contributed by atoms with Gasteiger partial charge < -0.3 is 21.1 Å². The molecular formula is C21H19N3O3. The van der Waals surface area contributed by atoms with E-state index in [1.165, 1.54) is 0 Å². The van der Waals surface area contributed by atoms with Gasteiger partial charge in [0.05, 0.1) is 0 Å². The van der Waals surface area contributed by atoms with Crippen molar-refractivity contribution >= 4 is 23.3 Å². The number of rotatable bonds is 5. The van der Waals surface area contributed by atoms with Crippen molar-refractivity contribution in [3.63, 3.8) is 0 Å². The lowest BCUT2D eigenvalue weighted by molar-refractivity contribution is 0.102. The Hall–Kier alpha value is -3.80. The van der Waals surface area contributed by atoms with E-state index < -0.39 is 6.03 Å². The summed E-state index contributed by atoms with van der Waals surface area (Å²) in [5, 5.41) is 5.26. The summed E-state index contributed by atoms with van der Waals surface area (Å²) in [6.45, 7) is 2.00. The van der Waals surface area contributed by atoms with Crippen LogP contribution >= 0.6 is 0 Å². The van der Waals surface area contributed by atoms with Gasteiger partial charge in [0.1, 0.15) is 11.5 Å². The number of urea groups is 1. The number of primary amides is 1. The predicted molar refractivity (Wildman–Crippen MR) is 105 cm³/mol. The van der Waals surface area contributed by atoms with Crippen LogP contribution in [0.1, 0.15) is 15.9 Å². The molecule has 0 aliphatic heterocycles. The lowest BCUT2D eigenvalue weighted by Crippen LogP contribution is -2.19. The van der Waals surface area contributed by atoms with Crippen LogP contribution < -0.4 is 21.1 Å². The number of anilines is 2. The Morgan fingerprint density at radius 1 is 0.815 bits per heavy atom. The largest absolute Gasteiger partial charge is 0.457 e. The molecule has 3 rings (SSSR count). The third-order valence-electron chi connectivity index (χ3n) is 3.75. The van der Waals surface area contributed by atoms with Crippen molar-refractivity contribution in [2.24, 2.45) is 5.73 Å². The van der Waals surface area contributed by atoms with Gasteiger partial charge in [0.15, 0.2) is 0 Å². The van der Waals surface area contributed by atoms with Crippen molar-refractivity contribution in [1.29, 1.82) is 0 Å². The fraction of sp³-hybridized carbons (Fsp3) is 0.0476. The van der Waals surface area contributed by atoms with Crippen molar-refractivity contribution < 1.29 is 14.3 Å². The van der Waals surface area contributed by atoms with E-state index in [0.717, 1.165) is 11.3 Å². The molecule has 3 aromatic rings.